The molecule has 2 heterocycles. The largest absolute Gasteiger partial charge is 0.378 e. The van der Waals surface area contributed by atoms with Crippen LogP contribution in [-0.2, 0) is 23.7 Å². The number of epoxide rings is 2. The van der Waals surface area contributed by atoms with E-state index in [0.29, 0.717) is 32.1 Å². The Morgan fingerprint density at radius 1 is 1.18 bits per heavy atom. The van der Waals surface area contributed by atoms with E-state index in [4.69, 9.17) is 18.9 Å². The fourth-order valence-electron chi connectivity index (χ4n) is 1.93. The Kier molecular flexibility index (Phi) is 6.43. The lowest BCUT2D eigenvalue weighted by Crippen LogP contribution is -2.32. The Morgan fingerprint density at radius 3 is 2.00 bits per heavy atom. The van der Waals surface area contributed by atoms with Gasteiger partial charge in [-0.25, -0.2) is 0 Å². The van der Waals surface area contributed by atoms with Gasteiger partial charge in [0.15, 0.2) is 0 Å². The Bertz CT molecular complexity index is 358. The summed E-state index contributed by atoms with van der Waals surface area (Å²) in [6.45, 7) is 9.33. The molecule has 5 nitrogen and oxygen atoms in total. The molecule has 1 radical (unpaired) electrons. The zero-order valence-electron chi connectivity index (χ0n) is 13.8. The molecule has 2 fully saturated rings. The molecule has 0 amide bonds. The van der Waals surface area contributed by atoms with Crippen molar-refractivity contribution in [2.75, 3.05) is 39.6 Å². The summed E-state index contributed by atoms with van der Waals surface area (Å²) in [6, 6.07) is 0. The first-order valence-electron chi connectivity index (χ1n) is 7.88. The van der Waals surface area contributed by atoms with E-state index in [1.165, 1.54) is 0 Å². The van der Waals surface area contributed by atoms with Crippen LogP contribution in [-0.4, -0.2) is 69.5 Å². The van der Waals surface area contributed by atoms with Gasteiger partial charge in [-0.2, -0.15) is 0 Å². The molecule has 125 valence electrons. The summed E-state index contributed by atoms with van der Waals surface area (Å²) in [6.07, 6.45) is 0.752. The predicted octanol–water partition coefficient (Wildman–Crippen LogP) is 1.13. The molecular weight excluding hydrogens is 302 g/mol. The van der Waals surface area contributed by atoms with E-state index in [1.807, 2.05) is 13.8 Å². The van der Waals surface area contributed by atoms with Crippen molar-refractivity contribution in [1.82, 2.24) is 0 Å². The quantitative estimate of drug-likeness (QED) is 0.305. The summed E-state index contributed by atoms with van der Waals surface area (Å²) in [7, 11) is 4.45. The van der Waals surface area contributed by atoms with Gasteiger partial charge in [0.2, 0.25) is 7.28 Å². The summed E-state index contributed by atoms with van der Waals surface area (Å²) in [5, 5.41) is 0. The van der Waals surface area contributed by atoms with E-state index in [1.54, 1.807) is 7.28 Å². The number of hydrogen-bond acceptors (Lipinski definition) is 5. The van der Waals surface area contributed by atoms with Crippen molar-refractivity contribution < 1.29 is 23.7 Å². The highest BCUT2D eigenvalue weighted by Gasteiger charge is 2.41. The molecule has 7 heteroatoms. The van der Waals surface area contributed by atoms with Crippen molar-refractivity contribution in [3.63, 3.8) is 0 Å². The molecule has 0 saturated carbocycles. The van der Waals surface area contributed by atoms with Gasteiger partial charge in [-0.05, 0) is 19.5 Å². The summed E-state index contributed by atoms with van der Waals surface area (Å²) in [5.41, 5.74) is 0.187. The van der Waals surface area contributed by atoms with Crippen LogP contribution in [0, 0.1) is 5.92 Å². The smallest absolute Gasteiger partial charge is 0.203 e. The zero-order valence-corrected chi connectivity index (χ0v) is 15.0. The molecule has 22 heavy (non-hydrogen) atoms. The maximum absolute atomic E-state index is 12.3. The van der Waals surface area contributed by atoms with Crippen LogP contribution in [0.3, 0.4) is 0 Å². The number of hydrogen-bond donors (Lipinski definition) is 0. The van der Waals surface area contributed by atoms with Gasteiger partial charge in [0, 0.05) is 0 Å². The Balaban J connectivity index is 1.72. The second-order valence-corrected chi connectivity index (χ2v) is 8.16. The topological polar surface area (TPSA) is 60.6 Å². The lowest BCUT2D eigenvalue weighted by molar-refractivity contribution is -0.120. The van der Waals surface area contributed by atoms with Crippen molar-refractivity contribution in [2.24, 2.45) is 5.92 Å². The highest BCUT2D eigenvalue weighted by Crippen LogP contribution is 2.27. The van der Waals surface area contributed by atoms with Gasteiger partial charge in [0.05, 0.1) is 51.2 Å². The molecule has 2 aliphatic heterocycles. The minimum atomic E-state index is -0.256. The van der Waals surface area contributed by atoms with Crippen molar-refractivity contribution in [3.8, 4) is 0 Å². The van der Waals surface area contributed by atoms with Crippen LogP contribution in [0.4, 0.5) is 0 Å². The average Bonchev–Trinajstić information content (AvgIpc) is 3.35. The minimum Gasteiger partial charge on any atom is -0.378 e. The molecule has 0 aromatic rings. The first kappa shape index (κ1) is 18.3. The van der Waals surface area contributed by atoms with Crippen LogP contribution in [0.5, 0.6) is 0 Å². The predicted molar refractivity (Wildman–Crippen MR) is 88.6 cm³/mol. The van der Waals surface area contributed by atoms with Gasteiger partial charge in [-0.15, -0.1) is 9.24 Å². The van der Waals surface area contributed by atoms with Crippen LogP contribution in [0.25, 0.3) is 0 Å². The zero-order chi connectivity index (χ0) is 16.2. The van der Waals surface area contributed by atoms with Crippen LogP contribution >= 0.6 is 9.24 Å². The molecule has 0 spiro atoms. The molecule has 0 N–H and O–H groups in total. The number of ether oxygens (including phenoxy) is 4. The fourth-order valence-corrected chi connectivity index (χ4v) is 2.06. The third-order valence-electron chi connectivity index (χ3n) is 3.82. The second-order valence-electron chi connectivity index (χ2n) is 7.02. The first-order valence-corrected chi connectivity index (χ1v) is 8.55. The number of rotatable bonds is 12. The molecule has 0 aromatic carbocycles. The highest BCUT2D eigenvalue weighted by atomic mass is 31.0. The Labute approximate surface area is 136 Å². The van der Waals surface area contributed by atoms with E-state index >= 15 is 0 Å². The highest BCUT2D eigenvalue weighted by molar-refractivity contribution is 7.18. The van der Waals surface area contributed by atoms with Crippen LogP contribution in [0.2, 0.25) is 6.32 Å². The lowest BCUT2D eigenvalue weighted by Gasteiger charge is -2.18. The van der Waals surface area contributed by atoms with Gasteiger partial charge < -0.3 is 23.7 Å². The number of carbonyl (C=O) groups is 1. The third-order valence-corrected chi connectivity index (χ3v) is 4.09. The maximum Gasteiger partial charge on any atom is 0.203 e. The summed E-state index contributed by atoms with van der Waals surface area (Å²) in [4.78, 5) is 12.3. The maximum atomic E-state index is 12.3. The van der Waals surface area contributed by atoms with Crippen molar-refractivity contribution >= 4 is 22.2 Å². The molecule has 4 atom stereocenters. The Morgan fingerprint density at radius 2 is 1.64 bits per heavy atom. The standard InChI is InChI=1S/C15H27BO5P/c1-11(22)4-16-13(17)12(5-18-7-14(2)9-20-14)6-19-8-15(3)10-21-15/h11-12H,4-10,22H2,1-3H3. The van der Waals surface area contributed by atoms with E-state index < -0.39 is 0 Å². The number of carbonyl (C=O) groups excluding carboxylic acids is 1. The van der Waals surface area contributed by atoms with E-state index in [9.17, 15) is 4.79 Å². The second kappa shape index (κ2) is 7.72. The van der Waals surface area contributed by atoms with Gasteiger partial charge in [-0.1, -0.05) is 13.2 Å². The average molecular weight is 329 g/mol. The first-order chi connectivity index (χ1) is 10.3. The van der Waals surface area contributed by atoms with Crippen molar-refractivity contribution in [1.29, 1.82) is 0 Å². The van der Waals surface area contributed by atoms with Gasteiger partial charge in [0.25, 0.3) is 0 Å². The summed E-state index contributed by atoms with van der Waals surface area (Å²) < 4.78 is 21.9. The summed E-state index contributed by atoms with van der Waals surface area (Å²) >= 11 is 0. The van der Waals surface area contributed by atoms with Crippen LogP contribution in [0.1, 0.15) is 20.8 Å². The van der Waals surface area contributed by atoms with Gasteiger partial charge in [-0.3, -0.25) is 0 Å². The summed E-state index contributed by atoms with van der Waals surface area (Å²) in [5.74, 6) is -0.256. The van der Waals surface area contributed by atoms with Gasteiger partial charge >= 0.3 is 0 Å². The molecule has 0 bridgehead atoms. The van der Waals surface area contributed by atoms with E-state index in [2.05, 4.69) is 16.2 Å². The molecule has 4 unspecified atom stereocenters. The van der Waals surface area contributed by atoms with Crippen LogP contribution < -0.4 is 0 Å². The van der Waals surface area contributed by atoms with Crippen molar-refractivity contribution in [3.05, 3.63) is 0 Å². The normalized spacial score (nSPS) is 32.4. The van der Waals surface area contributed by atoms with E-state index in [-0.39, 0.29) is 22.8 Å². The minimum absolute atomic E-state index is 0.0954. The van der Waals surface area contributed by atoms with E-state index in [0.717, 1.165) is 19.5 Å². The molecule has 2 rings (SSSR count). The Hall–Kier alpha value is 0.00494. The van der Waals surface area contributed by atoms with Crippen LogP contribution in [0.15, 0.2) is 0 Å². The monoisotopic (exact) mass is 329 g/mol. The van der Waals surface area contributed by atoms with Gasteiger partial charge in [0.1, 0.15) is 11.2 Å². The molecule has 0 aromatic heterocycles. The third kappa shape index (κ3) is 6.63. The molecule has 2 saturated heterocycles. The molecular formula is C15H27BO5P. The van der Waals surface area contributed by atoms with Crippen molar-refractivity contribution in [2.45, 2.75) is 44.0 Å². The molecule has 2 aliphatic rings. The SMILES string of the molecule is CC(P)C[B]C(=O)C(COCC1(C)CO1)COCC1(C)CO1. The lowest BCUT2D eigenvalue weighted by atomic mass is 9.64. The fraction of sp³-hybridized carbons (Fsp3) is 0.933. The molecule has 0 aliphatic carbocycles.